The molecular formula is C12H6ClF2N3O3. The second-order valence-corrected chi connectivity index (χ2v) is 4.25. The molecule has 0 saturated heterocycles. The zero-order valence-corrected chi connectivity index (χ0v) is 10.9. The highest BCUT2D eigenvalue weighted by molar-refractivity contribution is 6.29. The average Bonchev–Trinajstić information content (AvgIpc) is 2.43. The van der Waals surface area contributed by atoms with Crippen molar-refractivity contribution in [3.63, 3.8) is 0 Å². The van der Waals surface area contributed by atoms with E-state index in [0.717, 1.165) is 0 Å². The van der Waals surface area contributed by atoms with E-state index in [4.69, 9.17) is 11.6 Å². The van der Waals surface area contributed by atoms with Crippen molar-refractivity contribution in [3.05, 3.63) is 62.9 Å². The minimum absolute atomic E-state index is 0.177. The van der Waals surface area contributed by atoms with Gasteiger partial charge in [-0.3, -0.25) is 14.9 Å². The average molecular weight is 314 g/mol. The lowest BCUT2D eigenvalue weighted by atomic mass is 10.1. The fraction of sp³-hybridized carbons (Fsp3) is 0. The number of rotatable bonds is 3. The summed E-state index contributed by atoms with van der Waals surface area (Å²) in [6.45, 7) is 0. The summed E-state index contributed by atoms with van der Waals surface area (Å²) in [5, 5.41) is 13.0. The number of nitrogens with one attached hydrogen (secondary N) is 1. The van der Waals surface area contributed by atoms with Crippen molar-refractivity contribution in [1.29, 1.82) is 0 Å². The molecule has 0 bridgehead atoms. The number of nitro groups is 1. The van der Waals surface area contributed by atoms with E-state index in [-0.39, 0.29) is 10.8 Å². The summed E-state index contributed by atoms with van der Waals surface area (Å²) in [5.41, 5.74) is -1.72. The second-order valence-electron chi connectivity index (χ2n) is 3.87. The zero-order chi connectivity index (χ0) is 15.6. The Morgan fingerprint density at radius 2 is 2.05 bits per heavy atom. The van der Waals surface area contributed by atoms with Crippen LogP contribution in [0.3, 0.4) is 0 Å². The Bertz CT molecular complexity index is 722. The van der Waals surface area contributed by atoms with Gasteiger partial charge < -0.3 is 5.32 Å². The Labute approximate surface area is 121 Å². The molecule has 6 nitrogen and oxygen atoms in total. The fourth-order valence-corrected chi connectivity index (χ4v) is 1.63. The molecule has 2 rings (SSSR count). The van der Waals surface area contributed by atoms with Crippen molar-refractivity contribution in [1.82, 2.24) is 4.98 Å². The Morgan fingerprint density at radius 1 is 1.33 bits per heavy atom. The molecule has 9 heteroatoms. The van der Waals surface area contributed by atoms with Crippen LogP contribution in [0.5, 0.6) is 0 Å². The van der Waals surface area contributed by atoms with Crippen LogP contribution in [0.25, 0.3) is 0 Å². The third-order valence-electron chi connectivity index (χ3n) is 2.44. The van der Waals surface area contributed by atoms with Gasteiger partial charge in [0.1, 0.15) is 11.0 Å². The first-order valence-electron chi connectivity index (χ1n) is 5.45. The van der Waals surface area contributed by atoms with Crippen molar-refractivity contribution in [3.8, 4) is 0 Å². The van der Waals surface area contributed by atoms with Crippen LogP contribution in [-0.4, -0.2) is 15.8 Å². The zero-order valence-electron chi connectivity index (χ0n) is 10.1. The Kier molecular flexibility index (Phi) is 4.08. The quantitative estimate of drug-likeness (QED) is 0.536. The monoisotopic (exact) mass is 313 g/mol. The summed E-state index contributed by atoms with van der Waals surface area (Å²) < 4.78 is 27.1. The summed E-state index contributed by atoms with van der Waals surface area (Å²) in [6.07, 6.45) is 1.20. The summed E-state index contributed by atoms with van der Waals surface area (Å²) in [6, 6.07) is 3.73. The van der Waals surface area contributed by atoms with E-state index in [1.54, 1.807) is 0 Å². The van der Waals surface area contributed by atoms with Crippen LogP contribution in [-0.2, 0) is 0 Å². The van der Waals surface area contributed by atoms with Crippen LogP contribution < -0.4 is 5.32 Å². The summed E-state index contributed by atoms with van der Waals surface area (Å²) in [4.78, 5) is 25.0. The van der Waals surface area contributed by atoms with E-state index in [9.17, 15) is 23.7 Å². The van der Waals surface area contributed by atoms with Gasteiger partial charge in [0.25, 0.3) is 5.91 Å². The molecule has 0 aliphatic heterocycles. The standard InChI is InChI=1S/C12H6ClF2N3O3/c13-10-2-1-7(5-16-10)17-12(19)8-3-6(14)4-9(11(8)15)18(20)21/h1-5H,(H,17,19). The maximum absolute atomic E-state index is 13.8. The minimum atomic E-state index is -1.42. The van der Waals surface area contributed by atoms with Crippen LogP contribution in [0.15, 0.2) is 30.5 Å². The van der Waals surface area contributed by atoms with Gasteiger partial charge in [0, 0.05) is 0 Å². The normalized spacial score (nSPS) is 10.2. The van der Waals surface area contributed by atoms with Crippen LogP contribution in [0.1, 0.15) is 10.4 Å². The number of anilines is 1. The molecule has 1 N–H and O–H groups in total. The first-order chi connectivity index (χ1) is 9.88. The number of amides is 1. The molecule has 1 heterocycles. The highest BCUT2D eigenvalue weighted by atomic mass is 35.5. The Morgan fingerprint density at radius 3 is 2.62 bits per heavy atom. The topological polar surface area (TPSA) is 85.1 Å². The SMILES string of the molecule is O=C(Nc1ccc(Cl)nc1)c1cc(F)cc([N+](=O)[O-])c1F. The molecule has 0 aliphatic carbocycles. The Balaban J connectivity index is 2.35. The van der Waals surface area contributed by atoms with Crippen molar-refractivity contribution < 1.29 is 18.5 Å². The van der Waals surface area contributed by atoms with Crippen molar-refractivity contribution in [2.75, 3.05) is 5.32 Å². The highest BCUT2D eigenvalue weighted by Crippen LogP contribution is 2.23. The molecule has 2 aromatic rings. The number of halogens is 3. The van der Waals surface area contributed by atoms with Crippen LogP contribution in [0.2, 0.25) is 5.15 Å². The van der Waals surface area contributed by atoms with Gasteiger partial charge in [0.15, 0.2) is 0 Å². The number of carbonyl (C=O) groups is 1. The molecule has 0 atom stereocenters. The van der Waals surface area contributed by atoms with Gasteiger partial charge in [-0.1, -0.05) is 11.6 Å². The number of benzene rings is 1. The van der Waals surface area contributed by atoms with E-state index < -0.39 is 33.7 Å². The van der Waals surface area contributed by atoms with E-state index in [0.29, 0.717) is 12.1 Å². The molecule has 108 valence electrons. The van der Waals surface area contributed by atoms with Gasteiger partial charge in [-0.2, -0.15) is 4.39 Å². The molecule has 1 amide bonds. The van der Waals surface area contributed by atoms with Crippen LogP contribution in [0.4, 0.5) is 20.2 Å². The van der Waals surface area contributed by atoms with Gasteiger partial charge in [0.05, 0.1) is 28.4 Å². The first kappa shape index (κ1) is 14.8. The summed E-state index contributed by atoms with van der Waals surface area (Å²) >= 11 is 5.56. The molecule has 0 radical (unpaired) electrons. The first-order valence-corrected chi connectivity index (χ1v) is 5.82. The van der Waals surface area contributed by atoms with Crippen molar-refractivity contribution >= 4 is 28.9 Å². The molecular weight excluding hydrogens is 308 g/mol. The number of hydrogen-bond donors (Lipinski definition) is 1. The van der Waals surface area contributed by atoms with Gasteiger partial charge in [-0.05, 0) is 18.2 Å². The van der Waals surface area contributed by atoms with Gasteiger partial charge in [0.2, 0.25) is 5.82 Å². The molecule has 1 aromatic carbocycles. The van der Waals surface area contributed by atoms with E-state index in [2.05, 4.69) is 10.3 Å². The Hall–Kier alpha value is -2.61. The molecule has 21 heavy (non-hydrogen) atoms. The molecule has 0 saturated carbocycles. The second kappa shape index (κ2) is 5.80. The number of nitro benzene ring substituents is 1. The number of nitrogens with zero attached hydrogens (tertiary/aromatic N) is 2. The van der Waals surface area contributed by atoms with Gasteiger partial charge in [-0.25, -0.2) is 9.37 Å². The maximum Gasteiger partial charge on any atom is 0.308 e. The van der Waals surface area contributed by atoms with Crippen LogP contribution >= 0.6 is 11.6 Å². The van der Waals surface area contributed by atoms with Crippen LogP contribution in [0, 0.1) is 21.7 Å². The summed E-state index contributed by atoms with van der Waals surface area (Å²) in [5.74, 6) is -3.55. The van der Waals surface area contributed by atoms with E-state index >= 15 is 0 Å². The number of aromatic nitrogens is 1. The minimum Gasteiger partial charge on any atom is -0.320 e. The fourth-order valence-electron chi connectivity index (χ4n) is 1.52. The number of pyridine rings is 1. The van der Waals surface area contributed by atoms with Gasteiger partial charge >= 0.3 is 5.69 Å². The number of carbonyl (C=O) groups excluding carboxylic acids is 1. The molecule has 0 aliphatic rings. The molecule has 1 aromatic heterocycles. The van der Waals surface area contributed by atoms with E-state index in [1.807, 2.05) is 0 Å². The lowest BCUT2D eigenvalue weighted by molar-refractivity contribution is -0.387. The molecule has 0 spiro atoms. The summed E-state index contributed by atoms with van der Waals surface area (Å²) in [7, 11) is 0. The van der Waals surface area contributed by atoms with E-state index in [1.165, 1.54) is 18.3 Å². The number of hydrogen-bond acceptors (Lipinski definition) is 4. The third-order valence-corrected chi connectivity index (χ3v) is 2.67. The molecule has 0 fully saturated rings. The highest BCUT2D eigenvalue weighted by Gasteiger charge is 2.24. The maximum atomic E-state index is 13.8. The smallest absolute Gasteiger partial charge is 0.308 e. The predicted octanol–water partition coefficient (Wildman–Crippen LogP) is 3.17. The lowest BCUT2D eigenvalue weighted by Crippen LogP contribution is -2.15. The lowest BCUT2D eigenvalue weighted by Gasteiger charge is -2.06. The largest absolute Gasteiger partial charge is 0.320 e. The predicted molar refractivity (Wildman–Crippen MR) is 70.2 cm³/mol. The third kappa shape index (κ3) is 3.29. The van der Waals surface area contributed by atoms with Crippen molar-refractivity contribution in [2.45, 2.75) is 0 Å². The van der Waals surface area contributed by atoms with Gasteiger partial charge in [-0.15, -0.1) is 0 Å². The van der Waals surface area contributed by atoms with Crippen molar-refractivity contribution in [2.24, 2.45) is 0 Å². The molecule has 0 unspecified atom stereocenters.